The second kappa shape index (κ2) is 9.70. The van der Waals surface area contributed by atoms with Gasteiger partial charge in [-0.25, -0.2) is 4.98 Å². The number of benzene rings is 1. The Balaban J connectivity index is 0.00000127. The van der Waals surface area contributed by atoms with Crippen molar-refractivity contribution in [1.29, 1.82) is 0 Å². The summed E-state index contributed by atoms with van der Waals surface area (Å²) in [5.74, 6) is -0.0478. The first-order chi connectivity index (χ1) is 11.0. The van der Waals surface area contributed by atoms with Crippen LogP contribution in [0.1, 0.15) is 27.7 Å². The summed E-state index contributed by atoms with van der Waals surface area (Å²) in [6.45, 7) is 7.73. The maximum atomic E-state index is 11.7. The number of aromatic nitrogens is 1. The smallest absolute Gasteiger partial charge is 0.228 e. The van der Waals surface area contributed by atoms with Gasteiger partial charge >= 0.3 is 0 Å². The molecule has 0 aliphatic carbocycles. The Morgan fingerprint density at radius 2 is 1.83 bits per heavy atom. The minimum atomic E-state index is -0.0420. The van der Waals surface area contributed by atoms with E-state index >= 15 is 0 Å². The Hall–Kier alpha value is -1.37. The molecule has 0 aliphatic rings. The summed E-state index contributed by atoms with van der Waals surface area (Å²) < 4.78 is 2.05. The molecule has 1 heterocycles. The largest absolute Gasteiger partial charge is 0.302 e. The number of nitrogens with one attached hydrogen (secondary N) is 1. The van der Waals surface area contributed by atoms with E-state index in [2.05, 4.69) is 38.9 Å². The zero-order valence-corrected chi connectivity index (χ0v) is 16.2. The number of amides is 1. The monoisotopic (exact) mass is 351 g/mol. The van der Waals surface area contributed by atoms with E-state index in [9.17, 15) is 4.79 Å². The first-order valence-electron chi connectivity index (χ1n) is 7.68. The molecule has 6 heteroatoms. The van der Waals surface area contributed by atoms with Crippen LogP contribution in [-0.4, -0.2) is 29.3 Å². The Bertz CT molecular complexity index is 607. The van der Waals surface area contributed by atoms with Crippen LogP contribution in [0.15, 0.2) is 34.5 Å². The normalized spacial score (nSPS) is 10.4. The van der Waals surface area contributed by atoms with E-state index in [4.69, 9.17) is 0 Å². The summed E-state index contributed by atoms with van der Waals surface area (Å²) in [5, 5.41) is 5.44. The van der Waals surface area contributed by atoms with E-state index in [1.54, 1.807) is 11.9 Å². The first kappa shape index (κ1) is 19.7. The van der Waals surface area contributed by atoms with Gasteiger partial charge < -0.3 is 5.32 Å². The average Bonchev–Trinajstić information content (AvgIpc) is 2.98. The maximum absolute atomic E-state index is 11.7. The van der Waals surface area contributed by atoms with Gasteiger partial charge in [-0.15, -0.1) is 11.3 Å². The minimum absolute atomic E-state index is 0.00590. The van der Waals surface area contributed by atoms with Crippen LogP contribution in [0.4, 0.5) is 5.13 Å². The highest BCUT2D eigenvalue weighted by molar-refractivity contribution is 7.97. The lowest BCUT2D eigenvalue weighted by molar-refractivity contribution is -0.118. The molecular weight excluding hydrogens is 326 g/mol. The van der Waals surface area contributed by atoms with Crippen LogP contribution in [0, 0.1) is 5.92 Å². The standard InChI is InChI=1S/C15H19N3OS2.C2H6/c1-10(2)14(19)17-15-16-13(9-20-15)11-5-7-12(8-6-11)21-18(3)4;1-2/h5-10H,1-4H3,(H,16,17,19);1-2H3. The van der Waals surface area contributed by atoms with Crippen molar-refractivity contribution in [3.05, 3.63) is 29.6 Å². The number of rotatable bonds is 5. The molecule has 1 aromatic carbocycles. The summed E-state index contributed by atoms with van der Waals surface area (Å²) in [4.78, 5) is 17.3. The van der Waals surface area contributed by atoms with E-state index in [-0.39, 0.29) is 11.8 Å². The zero-order valence-electron chi connectivity index (χ0n) is 14.6. The number of hydrogen-bond acceptors (Lipinski definition) is 5. The topological polar surface area (TPSA) is 45.2 Å². The molecule has 0 saturated heterocycles. The highest BCUT2D eigenvalue weighted by Crippen LogP contribution is 2.27. The third-order valence-corrected chi connectivity index (χ3v) is 4.30. The molecule has 1 aromatic heterocycles. The number of nitrogens with zero attached hydrogens (tertiary/aromatic N) is 2. The van der Waals surface area contributed by atoms with Crippen LogP contribution in [0.25, 0.3) is 11.3 Å². The Labute approximate surface area is 147 Å². The van der Waals surface area contributed by atoms with Crippen LogP contribution in [0.5, 0.6) is 0 Å². The van der Waals surface area contributed by atoms with Gasteiger partial charge in [0.15, 0.2) is 5.13 Å². The fraction of sp³-hybridized carbons (Fsp3) is 0.412. The summed E-state index contributed by atoms with van der Waals surface area (Å²) in [6, 6.07) is 8.25. The van der Waals surface area contributed by atoms with Crippen LogP contribution in [0.3, 0.4) is 0 Å². The predicted molar refractivity (Wildman–Crippen MR) is 102 cm³/mol. The van der Waals surface area contributed by atoms with E-state index in [1.165, 1.54) is 16.2 Å². The lowest BCUT2D eigenvalue weighted by atomic mass is 10.2. The molecule has 2 aromatic rings. The first-order valence-corrected chi connectivity index (χ1v) is 9.33. The molecule has 0 fully saturated rings. The zero-order chi connectivity index (χ0) is 17.4. The Morgan fingerprint density at radius 1 is 1.22 bits per heavy atom. The van der Waals surface area contributed by atoms with Crippen molar-refractivity contribution in [1.82, 2.24) is 9.29 Å². The van der Waals surface area contributed by atoms with E-state index in [0.29, 0.717) is 5.13 Å². The van der Waals surface area contributed by atoms with Crippen LogP contribution in [-0.2, 0) is 4.79 Å². The van der Waals surface area contributed by atoms with Gasteiger partial charge in [0.25, 0.3) is 0 Å². The third kappa shape index (κ3) is 6.33. The number of thiazole rings is 1. The van der Waals surface area contributed by atoms with E-state index in [1.807, 2.05) is 47.2 Å². The summed E-state index contributed by atoms with van der Waals surface area (Å²) in [6.07, 6.45) is 0. The lowest BCUT2D eigenvalue weighted by Crippen LogP contribution is -2.17. The SMILES string of the molecule is CC.CC(C)C(=O)Nc1nc(-c2ccc(SN(C)C)cc2)cs1. The van der Waals surface area contributed by atoms with Crippen molar-refractivity contribution in [2.75, 3.05) is 19.4 Å². The second-order valence-electron chi connectivity index (χ2n) is 5.11. The van der Waals surface area contributed by atoms with Gasteiger partial charge in [-0.2, -0.15) is 0 Å². The number of anilines is 1. The van der Waals surface area contributed by atoms with Crippen molar-refractivity contribution in [3.63, 3.8) is 0 Å². The lowest BCUT2D eigenvalue weighted by Gasteiger charge is -2.08. The van der Waals surface area contributed by atoms with Crippen LogP contribution >= 0.6 is 23.3 Å². The average molecular weight is 352 g/mol. The van der Waals surface area contributed by atoms with Crippen LogP contribution < -0.4 is 5.32 Å². The number of carbonyl (C=O) groups is 1. The molecule has 0 bridgehead atoms. The van der Waals surface area contributed by atoms with E-state index in [0.717, 1.165) is 11.3 Å². The second-order valence-corrected chi connectivity index (χ2v) is 7.35. The number of hydrogen-bond donors (Lipinski definition) is 1. The predicted octanol–water partition coefficient (Wildman–Crippen LogP) is 5.00. The molecule has 0 unspecified atom stereocenters. The fourth-order valence-electron chi connectivity index (χ4n) is 1.61. The summed E-state index contributed by atoms with van der Waals surface area (Å²) in [5.41, 5.74) is 1.94. The minimum Gasteiger partial charge on any atom is -0.302 e. The molecule has 23 heavy (non-hydrogen) atoms. The molecular formula is C17H25N3OS2. The van der Waals surface area contributed by atoms with Crippen LogP contribution in [0.2, 0.25) is 0 Å². The van der Waals surface area contributed by atoms with Crippen molar-refractivity contribution in [2.45, 2.75) is 32.6 Å². The van der Waals surface area contributed by atoms with Crippen molar-refractivity contribution < 1.29 is 4.79 Å². The summed E-state index contributed by atoms with van der Waals surface area (Å²) in [7, 11) is 4.03. The Morgan fingerprint density at radius 3 is 2.35 bits per heavy atom. The third-order valence-electron chi connectivity index (χ3n) is 2.70. The Kier molecular flexibility index (Phi) is 8.30. The molecule has 1 amide bonds. The number of carbonyl (C=O) groups excluding carboxylic acids is 1. The van der Waals surface area contributed by atoms with Crippen molar-refractivity contribution >= 4 is 34.3 Å². The van der Waals surface area contributed by atoms with Crippen molar-refractivity contribution in [2.24, 2.45) is 5.92 Å². The van der Waals surface area contributed by atoms with Gasteiger partial charge in [-0.3, -0.25) is 9.10 Å². The van der Waals surface area contributed by atoms with Gasteiger partial charge in [0.05, 0.1) is 5.69 Å². The van der Waals surface area contributed by atoms with Gasteiger partial charge in [-0.1, -0.05) is 39.8 Å². The van der Waals surface area contributed by atoms with Crippen molar-refractivity contribution in [3.8, 4) is 11.3 Å². The molecule has 0 saturated carbocycles. The molecule has 126 valence electrons. The molecule has 0 aliphatic heterocycles. The molecule has 0 atom stereocenters. The van der Waals surface area contributed by atoms with Gasteiger partial charge in [0.2, 0.25) is 5.91 Å². The van der Waals surface area contributed by atoms with Gasteiger partial charge in [0.1, 0.15) is 0 Å². The van der Waals surface area contributed by atoms with Gasteiger partial charge in [-0.05, 0) is 38.2 Å². The quantitative estimate of drug-likeness (QED) is 0.770. The fourth-order valence-corrected chi connectivity index (χ4v) is 3.01. The highest BCUT2D eigenvalue weighted by Gasteiger charge is 2.10. The molecule has 0 radical (unpaired) electrons. The summed E-state index contributed by atoms with van der Waals surface area (Å²) >= 11 is 3.13. The maximum Gasteiger partial charge on any atom is 0.228 e. The molecule has 2 rings (SSSR count). The van der Waals surface area contributed by atoms with E-state index < -0.39 is 0 Å². The molecule has 0 spiro atoms. The van der Waals surface area contributed by atoms with Gasteiger partial charge in [0, 0.05) is 21.8 Å². The highest BCUT2D eigenvalue weighted by atomic mass is 32.2. The molecule has 1 N–H and O–H groups in total. The molecule has 4 nitrogen and oxygen atoms in total.